The van der Waals surface area contributed by atoms with E-state index in [0.717, 1.165) is 5.13 Å². The smallest absolute Gasteiger partial charge is 0.205 e. The number of hydrazone groups is 1. The second-order valence-electron chi connectivity index (χ2n) is 1.48. The average Bonchev–Trinajstić information content (AvgIpc) is 2.37. The van der Waals surface area contributed by atoms with Gasteiger partial charge in [0.15, 0.2) is 0 Å². The highest BCUT2D eigenvalue weighted by atomic mass is 32.1. The Balaban J connectivity index is 2.76. The van der Waals surface area contributed by atoms with Crippen molar-refractivity contribution in [2.45, 2.75) is 0 Å². The van der Waals surface area contributed by atoms with Gasteiger partial charge >= 0.3 is 0 Å². The number of hydrogen-bond donors (Lipinski definition) is 0. The highest BCUT2D eigenvalue weighted by molar-refractivity contribution is 7.13. The molecule has 0 aliphatic rings. The third kappa shape index (κ3) is 1.26. The Hall–Kier alpha value is -0.900. The maximum Gasteiger partial charge on any atom is 0.205 e. The zero-order chi connectivity index (χ0) is 6.69. The number of thiazole rings is 1. The molecule has 1 heterocycles. The van der Waals surface area contributed by atoms with E-state index in [-0.39, 0.29) is 0 Å². The predicted molar refractivity (Wildman–Crippen MR) is 40.1 cm³/mol. The Labute approximate surface area is 57.6 Å². The van der Waals surface area contributed by atoms with Crippen molar-refractivity contribution in [3.63, 3.8) is 0 Å². The van der Waals surface area contributed by atoms with Gasteiger partial charge in [-0.25, -0.2) is 9.99 Å². The van der Waals surface area contributed by atoms with E-state index in [2.05, 4.69) is 16.8 Å². The first-order valence-corrected chi connectivity index (χ1v) is 3.32. The molecule has 0 fully saturated rings. The number of hydrogen-bond acceptors (Lipinski definition) is 4. The van der Waals surface area contributed by atoms with Gasteiger partial charge in [-0.05, 0) is 0 Å². The summed E-state index contributed by atoms with van der Waals surface area (Å²) in [5.74, 6) is 0. The molecule has 0 radical (unpaired) electrons. The Morgan fingerprint density at radius 2 is 2.67 bits per heavy atom. The molecule has 0 saturated carbocycles. The number of aromatic nitrogens is 1. The van der Waals surface area contributed by atoms with Crippen molar-refractivity contribution in [3.05, 3.63) is 11.6 Å². The Kier molecular flexibility index (Phi) is 1.79. The molecule has 0 saturated heterocycles. The van der Waals surface area contributed by atoms with Crippen LogP contribution in [0.1, 0.15) is 0 Å². The lowest BCUT2D eigenvalue weighted by Gasteiger charge is -2.04. The van der Waals surface area contributed by atoms with E-state index >= 15 is 0 Å². The SMILES string of the molecule is C=NN(C)c1nccs1. The standard InChI is InChI=1S/C5H7N3S/c1-6-8(2)5-7-3-4-9-5/h3-4H,1H2,2H3. The maximum atomic E-state index is 4.00. The molecule has 1 aromatic heterocycles. The summed E-state index contributed by atoms with van der Waals surface area (Å²) < 4.78 is 0. The van der Waals surface area contributed by atoms with Crippen molar-refractivity contribution in [1.82, 2.24) is 4.98 Å². The Bertz CT molecular complexity index is 182. The highest BCUT2D eigenvalue weighted by Gasteiger charge is 1.96. The summed E-state index contributed by atoms with van der Waals surface area (Å²) in [6.45, 7) is 3.36. The van der Waals surface area contributed by atoms with Crippen molar-refractivity contribution < 1.29 is 0 Å². The molecule has 48 valence electrons. The average molecular weight is 141 g/mol. The molecule has 0 N–H and O–H groups in total. The van der Waals surface area contributed by atoms with Gasteiger partial charge in [0, 0.05) is 25.3 Å². The van der Waals surface area contributed by atoms with Gasteiger partial charge < -0.3 is 0 Å². The summed E-state index contributed by atoms with van der Waals surface area (Å²) in [6.07, 6.45) is 1.74. The second-order valence-corrected chi connectivity index (χ2v) is 2.35. The van der Waals surface area contributed by atoms with E-state index in [4.69, 9.17) is 0 Å². The lowest BCUT2D eigenvalue weighted by Crippen LogP contribution is -2.05. The number of rotatable bonds is 2. The van der Waals surface area contributed by atoms with Crippen molar-refractivity contribution in [3.8, 4) is 0 Å². The van der Waals surface area contributed by atoms with E-state index in [1.807, 2.05) is 12.4 Å². The van der Waals surface area contributed by atoms with Crippen LogP contribution < -0.4 is 5.01 Å². The fourth-order valence-corrected chi connectivity index (χ4v) is 1.01. The van der Waals surface area contributed by atoms with E-state index in [9.17, 15) is 0 Å². The van der Waals surface area contributed by atoms with Crippen LogP contribution in [-0.2, 0) is 0 Å². The lowest BCUT2D eigenvalue weighted by molar-refractivity contribution is 1.01. The largest absolute Gasteiger partial charge is 0.243 e. The normalized spacial score (nSPS) is 9.00. The van der Waals surface area contributed by atoms with Crippen LogP contribution >= 0.6 is 11.3 Å². The minimum atomic E-state index is 0.866. The van der Waals surface area contributed by atoms with Crippen LogP contribution in [-0.4, -0.2) is 18.7 Å². The molecule has 1 rings (SSSR count). The molecule has 1 aromatic rings. The third-order valence-electron chi connectivity index (χ3n) is 0.908. The molecule has 9 heavy (non-hydrogen) atoms. The van der Waals surface area contributed by atoms with Crippen LogP contribution in [0.15, 0.2) is 16.7 Å². The molecule has 0 aliphatic carbocycles. The van der Waals surface area contributed by atoms with Crippen LogP contribution in [0.2, 0.25) is 0 Å². The van der Waals surface area contributed by atoms with Crippen LogP contribution in [0, 0.1) is 0 Å². The summed E-state index contributed by atoms with van der Waals surface area (Å²) in [5, 5.41) is 8.06. The van der Waals surface area contributed by atoms with Gasteiger partial charge in [-0.15, -0.1) is 11.3 Å². The van der Waals surface area contributed by atoms with Gasteiger partial charge in [-0.3, -0.25) is 0 Å². The van der Waals surface area contributed by atoms with Gasteiger partial charge in [0.25, 0.3) is 0 Å². The Morgan fingerprint density at radius 1 is 1.89 bits per heavy atom. The fraction of sp³-hybridized carbons (Fsp3) is 0.200. The van der Waals surface area contributed by atoms with E-state index in [0.29, 0.717) is 0 Å². The van der Waals surface area contributed by atoms with Gasteiger partial charge in [0.05, 0.1) is 0 Å². The molecule has 0 atom stereocenters. The minimum absolute atomic E-state index is 0.866. The second kappa shape index (κ2) is 2.59. The van der Waals surface area contributed by atoms with Crippen molar-refractivity contribution >= 4 is 23.2 Å². The molecule has 0 spiro atoms. The molecule has 0 amide bonds. The summed E-state index contributed by atoms with van der Waals surface area (Å²) in [6, 6.07) is 0. The molecule has 0 unspecified atom stereocenters. The molecule has 0 aromatic carbocycles. The van der Waals surface area contributed by atoms with Crippen LogP contribution in [0.3, 0.4) is 0 Å². The summed E-state index contributed by atoms with van der Waals surface area (Å²) >= 11 is 1.54. The van der Waals surface area contributed by atoms with Crippen molar-refractivity contribution in [2.75, 3.05) is 12.1 Å². The zero-order valence-electron chi connectivity index (χ0n) is 5.11. The molecule has 4 heteroatoms. The third-order valence-corrected chi connectivity index (χ3v) is 1.75. The topological polar surface area (TPSA) is 28.5 Å². The van der Waals surface area contributed by atoms with E-state index in [1.165, 1.54) is 11.3 Å². The first kappa shape index (κ1) is 6.22. The molecule has 0 aliphatic heterocycles. The fourth-order valence-electron chi connectivity index (χ4n) is 0.436. The maximum absolute atomic E-state index is 4.00. The van der Waals surface area contributed by atoms with E-state index < -0.39 is 0 Å². The van der Waals surface area contributed by atoms with Gasteiger partial charge in [-0.2, -0.15) is 5.10 Å². The van der Waals surface area contributed by atoms with Gasteiger partial charge in [0.2, 0.25) is 5.13 Å². The molecule has 3 nitrogen and oxygen atoms in total. The predicted octanol–water partition coefficient (Wildman–Crippen LogP) is 1.19. The van der Waals surface area contributed by atoms with Crippen LogP contribution in [0.25, 0.3) is 0 Å². The first-order chi connectivity index (χ1) is 4.34. The van der Waals surface area contributed by atoms with Crippen molar-refractivity contribution in [1.29, 1.82) is 0 Å². The number of anilines is 1. The zero-order valence-corrected chi connectivity index (χ0v) is 5.93. The van der Waals surface area contributed by atoms with Gasteiger partial charge in [0.1, 0.15) is 0 Å². The Morgan fingerprint density at radius 3 is 3.11 bits per heavy atom. The minimum Gasteiger partial charge on any atom is -0.243 e. The van der Waals surface area contributed by atoms with Crippen LogP contribution in [0.4, 0.5) is 5.13 Å². The summed E-state index contributed by atoms with van der Waals surface area (Å²) in [4.78, 5) is 4.00. The monoisotopic (exact) mass is 141 g/mol. The molecular weight excluding hydrogens is 134 g/mol. The highest BCUT2D eigenvalue weighted by Crippen LogP contribution is 2.14. The molecular formula is C5H7N3S. The van der Waals surface area contributed by atoms with E-state index in [1.54, 1.807) is 11.2 Å². The van der Waals surface area contributed by atoms with Crippen molar-refractivity contribution in [2.24, 2.45) is 5.10 Å². The van der Waals surface area contributed by atoms with Crippen LogP contribution in [0.5, 0.6) is 0 Å². The molecule has 0 bridgehead atoms. The summed E-state index contributed by atoms with van der Waals surface area (Å²) in [7, 11) is 1.81. The lowest BCUT2D eigenvalue weighted by atomic mass is 11.0. The number of nitrogens with zero attached hydrogens (tertiary/aromatic N) is 3. The first-order valence-electron chi connectivity index (χ1n) is 2.44. The van der Waals surface area contributed by atoms with Gasteiger partial charge in [-0.1, -0.05) is 0 Å². The summed E-state index contributed by atoms with van der Waals surface area (Å²) in [5.41, 5.74) is 0. The quantitative estimate of drug-likeness (QED) is 0.457.